The lowest BCUT2D eigenvalue weighted by molar-refractivity contribution is 0.252. The molecule has 104 valence electrons. The number of nitrogens with one attached hydrogen (secondary N) is 2. The van der Waals surface area contributed by atoms with Crippen molar-refractivity contribution in [3.05, 3.63) is 16.0 Å². The Morgan fingerprint density at radius 1 is 1.26 bits per heavy atom. The smallest absolute Gasteiger partial charge is 0.198 e. The van der Waals surface area contributed by atoms with Gasteiger partial charge in [-0.2, -0.15) is 0 Å². The Morgan fingerprint density at radius 2 is 2.05 bits per heavy atom. The topological polar surface area (TPSA) is 44.0 Å². The van der Waals surface area contributed by atoms with Gasteiger partial charge in [-0.3, -0.25) is 0 Å². The van der Waals surface area contributed by atoms with Crippen molar-refractivity contribution in [3.63, 3.8) is 0 Å². The lowest BCUT2D eigenvalue weighted by Crippen LogP contribution is -2.30. The van der Waals surface area contributed by atoms with E-state index in [4.69, 9.17) is 12.2 Å². The third-order valence-electron chi connectivity index (χ3n) is 4.34. The van der Waals surface area contributed by atoms with Gasteiger partial charge in [0.15, 0.2) is 4.77 Å². The summed E-state index contributed by atoms with van der Waals surface area (Å²) >= 11 is 5.30. The molecule has 0 aliphatic carbocycles. The van der Waals surface area contributed by atoms with Gasteiger partial charge in [0.2, 0.25) is 0 Å². The highest BCUT2D eigenvalue weighted by molar-refractivity contribution is 7.71. The van der Waals surface area contributed by atoms with Crippen LogP contribution in [-0.4, -0.2) is 41.5 Å². The molecule has 1 aromatic rings. The minimum Gasteiger partial charge on any atom is -0.370 e. The van der Waals surface area contributed by atoms with E-state index in [1.165, 1.54) is 50.0 Å². The van der Waals surface area contributed by atoms with Crippen molar-refractivity contribution < 1.29 is 0 Å². The lowest BCUT2D eigenvalue weighted by atomic mass is 9.89. The average molecular weight is 278 g/mol. The zero-order chi connectivity index (χ0) is 13.2. The lowest BCUT2D eigenvalue weighted by Gasteiger charge is -2.30. The van der Waals surface area contributed by atoms with Crippen molar-refractivity contribution >= 4 is 18.0 Å². The fourth-order valence-corrected chi connectivity index (χ4v) is 3.40. The second-order valence-electron chi connectivity index (χ2n) is 5.74. The number of hydrogen-bond acceptors (Lipinski definition) is 4. The molecule has 0 spiro atoms. The highest BCUT2D eigenvalue weighted by Gasteiger charge is 2.24. The number of aromatic amines is 1. The largest absolute Gasteiger partial charge is 0.370 e. The Bertz CT molecular complexity index is 503. The second kappa shape index (κ2) is 5.59. The van der Waals surface area contributed by atoms with Crippen molar-refractivity contribution in [2.75, 3.05) is 32.0 Å². The summed E-state index contributed by atoms with van der Waals surface area (Å²) in [7, 11) is 2.20. The first-order chi connectivity index (χ1) is 9.24. The predicted molar refractivity (Wildman–Crippen MR) is 80.3 cm³/mol. The minimum absolute atomic E-state index is 0.620. The highest BCUT2D eigenvalue weighted by Crippen LogP contribution is 2.32. The number of fused-ring (bicyclic) bond motifs is 1. The van der Waals surface area contributed by atoms with Crippen molar-refractivity contribution in [2.45, 2.75) is 38.0 Å². The molecule has 19 heavy (non-hydrogen) atoms. The van der Waals surface area contributed by atoms with E-state index in [1.807, 2.05) is 0 Å². The fourth-order valence-electron chi connectivity index (χ4n) is 3.19. The molecule has 2 N–H and O–H groups in total. The van der Waals surface area contributed by atoms with Crippen molar-refractivity contribution in [1.29, 1.82) is 0 Å². The van der Waals surface area contributed by atoms with Gasteiger partial charge in [-0.05, 0) is 64.5 Å². The van der Waals surface area contributed by atoms with Crippen LogP contribution in [0.3, 0.4) is 0 Å². The van der Waals surface area contributed by atoms with Crippen LogP contribution in [0, 0.1) is 4.77 Å². The van der Waals surface area contributed by atoms with Gasteiger partial charge in [0.25, 0.3) is 0 Å². The Kier molecular flexibility index (Phi) is 3.84. The number of rotatable bonds is 1. The highest BCUT2D eigenvalue weighted by atomic mass is 32.1. The molecule has 0 radical (unpaired) electrons. The van der Waals surface area contributed by atoms with Gasteiger partial charge in [0.1, 0.15) is 5.82 Å². The van der Waals surface area contributed by atoms with Crippen LogP contribution in [0.4, 0.5) is 5.82 Å². The summed E-state index contributed by atoms with van der Waals surface area (Å²) in [5.74, 6) is 1.66. The van der Waals surface area contributed by atoms with E-state index in [1.54, 1.807) is 0 Å². The Balaban J connectivity index is 1.96. The number of piperidine rings is 1. The van der Waals surface area contributed by atoms with Gasteiger partial charge in [0.05, 0.1) is 0 Å². The predicted octanol–water partition coefficient (Wildman–Crippen LogP) is 2.70. The first-order valence-electron chi connectivity index (χ1n) is 7.29. The molecule has 0 atom stereocenters. The molecule has 5 heteroatoms. The third kappa shape index (κ3) is 2.82. The summed E-state index contributed by atoms with van der Waals surface area (Å²) in [6.45, 7) is 3.37. The maximum Gasteiger partial charge on any atom is 0.198 e. The van der Waals surface area contributed by atoms with Crippen LogP contribution in [0.15, 0.2) is 0 Å². The van der Waals surface area contributed by atoms with Crippen LogP contribution in [0.2, 0.25) is 0 Å². The minimum atomic E-state index is 0.620. The van der Waals surface area contributed by atoms with Crippen molar-refractivity contribution in [3.8, 4) is 0 Å². The van der Waals surface area contributed by atoms with Crippen molar-refractivity contribution in [2.24, 2.45) is 0 Å². The van der Waals surface area contributed by atoms with Crippen LogP contribution >= 0.6 is 12.2 Å². The SMILES string of the molecule is CN1CCC(c2[nH]c(=S)nc3c2CCCCN3)CC1. The maximum atomic E-state index is 5.30. The molecule has 1 aromatic heterocycles. The first-order valence-corrected chi connectivity index (χ1v) is 7.70. The molecule has 2 aliphatic heterocycles. The van der Waals surface area contributed by atoms with E-state index in [0.717, 1.165) is 18.8 Å². The number of anilines is 1. The van der Waals surface area contributed by atoms with Crippen LogP contribution in [-0.2, 0) is 6.42 Å². The number of H-pyrrole nitrogens is 1. The van der Waals surface area contributed by atoms with E-state index < -0.39 is 0 Å². The second-order valence-corrected chi connectivity index (χ2v) is 6.13. The summed E-state index contributed by atoms with van der Waals surface area (Å²) in [4.78, 5) is 10.3. The van der Waals surface area contributed by atoms with E-state index in [0.29, 0.717) is 10.7 Å². The molecule has 4 nitrogen and oxygen atoms in total. The number of likely N-dealkylation sites (tertiary alicyclic amines) is 1. The van der Waals surface area contributed by atoms with Crippen LogP contribution in [0.1, 0.15) is 42.9 Å². The van der Waals surface area contributed by atoms with Crippen LogP contribution in [0.25, 0.3) is 0 Å². The summed E-state index contributed by atoms with van der Waals surface area (Å²) < 4.78 is 0.627. The Hall–Kier alpha value is -0.940. The molecule has 2 aliphatic rings. The van der Waals surface area contributed by atoms with E-state index in [-0.39, 0.29) is 0 Å². The summed E-state index contributed by atoms with van der Waals surface area (Å²) in [5.41, 5.74) is 2.75. The molecule has 0 saturated carbocycles. The number of aromatic nitrogens is 2. The average Bonchev–Trinajstić information content (AvgIpc) is 2.64. The molecular weight excluding hydrogens is 256 g/mol. The summed E-state index contributed by atoms with van der Waals surface area (Å²) in [6.07, 6.45) is 6.03. The van der Waals surface area contributed by atoms with Gasteiger partial charge >= 0.3 is 0 Å². The molecular formula is C14H22N4S. The summed E-state index contributed by atoms with van der Waals surface area (Å²) in [6, 6.07) is 0. The van der Waals surface area contributed by atoms with Gasteiger partial charge in [-0.25, -0.2) is 4.98 Å². The third-order valence-corrected chi connectivity index (χ3v) is 4.53. The molecule has 0 unspecified atom stereocenters. The number of nitrogens with zero attached hydrogens (tertiary/aromatic N) is 2. The maximum absolute atomic E-state index is 5.30. The Morgan fingerprint density at radius 3 is 2.84 bits per heavy atom. The molecule has 0 bridgehead atoms. The molecule has 3 rings (SSSR count). The molecule has 0 aromatic carbocycles. The number of hydrogen-bond donors (Lipinski definition) is 2. The van der Waals surface area contributed by atoms with E-state index >= 15 is 0 Å². The molecule has 1 saturated heterocycles. The van der Waals surface area contributed by atoms with Crippen LogP contribution in [0.5, 0.6) is 0 Å². The zero-order valence-corrected chi connectivity index (χ0v) is 12.4. The quantitative estimate of drug-likeness (QED) is 0.775. The van der Waals surface area contributed by atoms with Gasteiger partial charge in [-0.1, -0.05) is 0 Å². The first kappa shape index (κ1) is 13.1. The van der Waals surface area contributed by atoms with Crippen molar-refractivity contribution in [1.82, 2.24) is 14.9 Å². The zero-order valence-electron chi connectivity index (χ0n) is 11.5. The monoisotopic (exact) mass is 278 g/mol. The van der Waals surface area contributed by atoms with Gasteiger partial charge < -0.3 is 15.2 Å². The van der Waals surface area contributed by atoms with E-state index in [2.05, 4.69) is 27.2 Å². The van der Waals surface area contributed by atoms with Gasteiger partial charge in [-0.15, -0.1) is 0 Å². The molecule has 1 fully saturated rings. The Labute approximate surface area is 119 Å². The van der Waals surface area contributed by atoms with Gasteiger partial charge in [0, 0.05) is 23.7 Å². The standard InChI is InChI=1S/C14H22N4S/c1-18-8-5-10(6-9-18)12-11-4-2-3-7-15-13(11)17-14(19)16-12/h10H,2-9H2,1H3,(H2,15,16,17,19). The van der Waals surface area contributed by atoms with E-state index in [9.17, 15) is 0 Å². The molecule has 0 amide bonds. The molecule has 3 heterocycles. The normalized spacial score (nSPS) is 21.5. The fraction of sp³-hybridized carbons (Fsp3) is 0.714. The summed E-state index contributed by atoms with van der Waals surface area (Å²) in [5, 5.41) is 3.45. The van der Waals surface area contributed by atoms with Crippen LogP contribution < -0.4 is 5.32 Å².